The van der Waals surface area contributed by atoms with Crippen LogP contribution in [-0.4, -0.2) is 41.9 Å². The molecule has 0 aliphatic carbocycles. The van der Waals surface area contributed by atoms with Gasteiger partial charge >= 0.3 is 0 Å². The first-order chi connectivity index (χ1) is 9.90. The van der Waals surface area contributed by atoms with E-state index in [1.807, 2.05) is 31.7 Å². The van der Waals surface area contributed by atoms with Crippen molar-refractivity contribution in [3.05, 3.63) is 23.8 Å². The molecular weight excluding hydrogens is 268 g/mol. The topological polar surface area (TPSA) is 87.5 Å². The highest BCUT2D eigenvalue weighted by molar-refractivity contribution is 5.96. The van der Waals surface area contributed by atoms with Gasteiger partial charge in [-0.05, 0) is 44.5 Å². The number of benzene rings is 1. The number of carbonyl (C=O) groups excluding carboxylic acids is 2. The summed E-state index contributed by atoms with van der Waals surface area (Å²) in [5.74, 6) is -0.158. The number of anilines is 2. The van der Waals surface area contributed by atoms with Crippen molar-refractivity contribution < 1.29 is 9.59 Å². The Labute approximate surface area is 124 Å². The zero-order valence-electron chi connectivity index (χ0n) is 12.6. The summed E-state index contributed by atoms with van der Waals surface area (Å²) in [5.41, 5.74) is 8.03. The van der Waals surface area contributed by atoms with Crippen LogP contribution in [0.3, 0.4) is 0 Å². The van der Waals surface area contributed by atoms with E-state index >= 15 is 0 Å². The van der Waals surface area contributed by atoms with E-state index in [4.69, 9.17) is 5.73 Å². The Morgan fingerprint density at radius 2 is 2.24 bits per heavy atom. The Balaban J connectivity index is 2.07. The second-order valence-electron chi connectivity index (χ2n) is 5.44. The predicted octanol–water partition coefficient (Wildman–Crippen LogP) is 0.725. The van der Waals surface area contributed by atoms with Crippen LogP contribution in [0.5, 0.6) is 0 Å². The molecule has 1 aromatic carbocycles. The van der Waals surface area contributed by atoms with Gasteiger partial charge in [0.1, 0.15) is 0 Å². The predicted molar refractivity (Wildman–Crippen MR) is 82.9 cm³/mol. The number of amides is 2. The number of piperazine rings is 1. The molecule has 0 radical (unpaired) electrons. The van der Waals surface area contributed by atoms with Gasteiger partial charge in [0, 0.05) is 24.5 Å². The molecule has 1 heterocycles. The fourth-order valence-electron chi connectivity index (χ4n) is 2.54. The molecule has 2 rings (SSSR count). The van der Waals surface area contributed by atoms with Crippen molar-refractivity contribution in [2.45, 2.75) is 32.9 Å². The fourth-order valence-corrected chi connectivity index (χ4v) is 2.54. The standard InChI is InChI=1S/C15H22N4O2/c1-9-8-12(16)4-5-13(9)18-15(21)11(3)19-7-6-17-14(20)10(19)2/h4-5,8,10-11H,6-7,16H2,1-3H3,(H,17,20)(H,18,21). The summed E-state index contributed by atoms with van der Waals surface area (Å²) in [4.78, 5) is 26.0. The molecule has 1 aliphatic rings. The summed E-state index contributed by atoms with van der Waals surface area (Å²) < 4.78 is 0. The van der Waals surface area contributed by atoms with E-state index in [2.05, 4.69) is 10.6 Å². The number of aryl methyl sites for hydroxylation is 1. The van der Waals surface area contributed by atoms with E-state index in [9.17, 15) is 9.59 Å². The number of rotatable bonds is 3. The number of nitrogens with one attached hydrogen (secondary N) is 2. The number of hydrogen-bond donors (Lipinski definition) is 3. The van der Waals surface area contributed by atoms with E-state index in [0.717, 1.165) is 11.3 Å². The van der Waals surface area contributed by atoms with Gasteiger partial charge in [-0.15, -0.1) is 0 Å². The van der Waals surface area contributed by atoms with E-state index in [0.29, 0.717) is 18.8 Å². The van der Waals surface area contributed by atoms with Crippen molar-refractivity contribution in [2.75, 3.05) is 24.1 Å². The molecule has 114 valence electrons. The molecule has 1 fully saturated rings. The SMILES string of the molecule is Cc1cc(N)ccc1NC(=O)C(C)N1CCNC(=O)C1C. The highest BCUT2D eigenvalue weighted by Gasteiger charge is 2.32. The van der Waals surface area contributed by atoms with Gasteiger partial charge in [-0.1, -0.05) is 0 Å². The molecule has 1 saturated heterocycles. The highest BCUT2D eigenvalue weighted by atomic mass is 16.2. The second-order valence-corrected chi connectivity index (χ2v) is 5.44. The summed E-state index contributed by atoms with van der Waals surface area (Å²) in [5, 5.41) is 5.70. The maximum Gasteiger partial charge on any atom is 0.241 e. The van der Waals surface area contributed by atoms with E-state index in [1.165, 1.54) is 0 Å². The van der Waals surface area contributed by atoms with Crippen LogP contribution in [-0.2, 0) is 9.59 Å². The van der Waals surface area contributed by atoms with Crippen LogP contribution in [0.2, 0.25) is 0 Å². The smallest absolute Gasteiger partial charge is 0.241 e. The number of hydrogen-bond acceptors (Lipinski definition) is 4. The number of nitrogen functional groups attached to an aromatic ring is 1. The normalized spacial score (nSPS) is 20.7. The van der Waals surface area contributed by atoms with Gasteiger partial charge in [0.25, 0.3) is 0 Å². The molecule has 2 atom stereocenters. The molecule has 2 unspecified atom stereocenters. The minimum atomic E-state index is -0.372. The lowest BCUT2D eigenvalue weighted by Gasteiger charge is -2.36. The molecule has 0 saturated carbocycles. The Kier molecular flexibility index (Phi) is 4.47. The van der Waals surface area contributed by atoms with Crippen LogP contribution < -0.4 is 16.4 Å². The van der Waals surface area contributed by atoms with Crippen molar-refractivity contribution in [3.63, 3.8) is 0 Å². The van der Waals surface area contributed by atoms with Gasteiger partial charge in [0.2, 0.25) is 11.8 Å². The maximum absolute atomic E-state index is 12.4. The summed E-state index contributed by atoms with van der Waals surface area (Å²) in [6.45, 7) is 6.77. The lowest BCUT2D eigenvalue weighted by Crippen LogP contribution is -2.58. The Hall–Kier alpha value is -2.08. The van der Waals surface area contributed by atoms with Crippen molar-refractivity contribution in [2.24, 2.45) is 0 Å². The lowest BCUT2D eigenvalue weighted by molar-refractivity contribution is -0.132. The molecule has 6 heteroatoms. The van der Waals surface area contributed by atoms with E-state index in [1.54, 1.807) is 12.1 Å². The monoisotopic (exact) mass is 290 g/mol. The molecule has 21 heavy (non-hydrogen) atoms. The average molecular weight is 290 g/mol. The van der Waals surface area contributed by atoms with Crippen LogP contribution in [0.15, 0.2) is 18.2 Å². The van der Waals surface area contributed by atoms with Crippen molar-refractivity contribution in [1.29, 1.82) is 0 Å². The van der Waals surface area contributed by atoms with Gasteiger partial charge in [-0.3, -0.25) is 14.5 Å². The van der Waals surface area contributed by atoms with Crippen LogP contribution in [0.25, 0.3) is 0 Å². The molecule has 6 nitrogen and oxygen atoms in total. The molecule has 0 aromatic heterocycles. The number of nitrogens with two attached hydrogens (primary N) is 1. The van der Waals surface area contributed by atoms with Gasteiger partial charge < -0.3 is 16.4 Å². The Morgan fingerprint density at radius 1 is 1.52 bits per heavy atom. The average Bonchev–Trinajstić information content (AvgIpc) is 2.44. The fraction of sp³-hybridized carbons (Fsp3) is 0.467. The van der Waals surface area contributed by atoms with Crippen molar-refractivity contribution >= 4 is 23.2 Å². The molecule has 0 bridgehead atoms. The molecule has 4 N–H and O–H groups in total. The largest absolute Gasteiger partial charge is 0.399 e. The first-order valence-electron chi connectivity index (χ1n) is 7.10. The third-order valence-electron chi connectivity index (χ3n) is 3.93. The highest BCUT2D eigenvalue weighted by Crippen LogP contribution is 2.19. The quantitative estimate of drug-likeness (QED) is 0.716. The molecule has 0 spiro atoms. The Bertz CT molecular complexity index is 559. The maximum atomic E-state index is 12.4. The summed E-state index contributed by atoms with van der Waals surface area (Å²) in [6.07, 6.45) is 0. The third-order valence-corrected chi connectivity index (χ3v) is 3.93. The minimum absolute atomic E-state index is 0.0374. The van der Waals surface area contributed by atoms with E-state index in [-0.39, 0.29) is 23.9 Å². The third kappa shape index (κ3) is 3.33. The molecule has 1 aliphatic heterocycles. The summed E-state index contributed by atoms with van der Waals surface area (Å²) >= 11 is 0. The lowest BCUT2D eigenvalue weighted by atomic mass is 10.1. The van der Waals surface area contributed by atoms with Gasteiger partial charge in [0.05, 0.1) is 12.1 Å². The van der Waals surface area contributed by atoms with Crippen LogP contribution in [0, 0.1) is 6.92 Å². The van der Waals surface area contributed by atoms with Crippen LogP contribution >= 0.6 is 0 Å². The van der Waals surface area contributed by atoms with E-state index < -0.39 is 0 Å². The zero-order chi connectivity index (χ0) is 15.6. The molecular formula is C15H22N4O2. The first-order valence-corrected chi connectivity index (χ1v) is 7.10. The zero-order valence-corrected chi connectivity index (χ0v) is 12.6. The molecule has 1 aromatic rings. The van der Waals surface area contributed by atoms with Crippen LogP contribution in [0.1, 0.15) is 19.4 Å². The van der Waals surface area contributed by atoms with Crippen LogP contribution in [0.4, 0.5) is 11.4 Å². The number of nitrogens with zero attached hydrogens (tertiary/aromatic N) is 1. The van der Waals surface area contributed by atoms with Crippen molar-refractivity contribution in [3.8, 4) is 0 Å². The molecule has 2 amide bonds. The first kappa shape index (κ1) is 15.3. The Morgan fingerprint density at radius 3 is 2.90 bits per heavy atom. The van der Waals surface area contributed by atoms with Gasteiger partial charge in [-0.25, -0.2) is 0 Å². The minimum Gasteiger partial charge on any atom is -0.399 e. The number of carbonyl (C=O) groups is 2. The van der Waals surface area contributed by atoms with Crippen molar-refractivity contribution in [1.82, 2.24) is 10.2 Å². The summed E-state index contributed by atoms with van der Waals surface area (Å²) in [7, 11) is 0. The second kappa shape index (κ2) is 6.13. The van der Waals surface area contributed by atoms with Gasteiger partial charge in [-0.2, -0.15) is 0 Å². The van der Waals surface area contributed by atoms with Gasteiger partial charge in [0.15, 0.2) is 0 Å². The summed E-state index contributed by atoms with van der Waals surface area (Å²) in [6, 6.07) is 4.69.